The third kappa shape index (κ3) is 6.03. The number of rotatable bonds is 7. The summed E-state index contributed by atoms with van der Waals surface area (Å²) in [5, 5.41) is 11.0. The Morgan fingerprint density at radius 3 is 2.67 bits per heavy atom. The summed E-state index contributed by atoms with van der Waals surface area (Å²) in [7, 11) is 0. The van der Waals surface area contributed by atoms with E-state index in [9.17, 15) is 18.0 Å². The number of halogens is 4. The number of aliphatic hydroxyl groups excluding tert-OH is 1. The van der Waals surface area contributed by atoms with Crippen molar-refractivity contribution in [1.29, 1.82) is 0 Å². The molecule has 0 bridgehead atoms. The largest absolute Gasteiger partial charge is 0.416 e. The molecule has 0 spiro atoms. The second-order valence-electron chi connectivity index (χ2n) is 4.14. The first-order valence-corrected chi connectivity index (χ1v) is 6.99. The number of amides is 1. The van der Waals surface area contributed by atoms with Crippen LogP contribution >= 0.6 is 15.9 Å². The molecule has 2 N–H and O–H groups in total. The van der Waals surface area contributed by atoms with Gasteiger partial charge in [-0.15, -0.1) is 0 Å². The van der Waals surface area contributed by atoms with Crippen LogP contribution in [0.4, 0.5) is 13.2 Å². The first-order valence-electron chi connectivity index (χ1n) is 6.20. The lowest BCUT2D eigenvalue weighted by Gasteiger charge is -2.11. The average molecular weight is 370 g/mol. The SMILES string of the molecule is O=C(NCCCOCCO)c1cc(C(F)(F)F)ccc1Br. The van der Waals surface area contributed by atoms with Crippen molar-refractivity contribution in [1.82, 2.24) is 5.32 Å². The Balaban J connectivity index is 2.57. The summed E-state index contributed by atoms with van der Waals surface area (Å²) in [6.07, 6.45) is -3.99. The summed E-state index contributed by atoms with van der Waals surface area (Å²) in [6.45, 7) is 0.758. The number of hydrogen-bond donors (Lipinski definition) is 2. The smallest absolute Gasteiger partial charge is 0.394 e. The van der Waals surface area contributed by atoms with Gasteiger partial charge in [-0.3, -0.25) is 4.79 Å². The zero-order valence-electron chi connectivity index (χ0n) is 11.0. The molecule has 21 heavy (non-hydrogen) atoms. The van der Waals surface area contributed by atoms with Crippen LogP contribution in [0.15, 0.2) is 22.7 Å². The Hall–Kier alpha value is -1.12. The molecule has 1 amide bonds. The van der Waals surface area contributed by atoms with Gasteiger partial charge in [-0.2, -0.15) is 13.2 Å². The summed E-state index contributed by atoms with van der Waals surface area (Å²) < 4.78 is 43.1. The predicted octanol–water partition coefficient (Wildman–Crippen LogP) is 2.60. The molecule has 0 atom stereocenters. The predicted molar refractivity (Wildman–Crippen MR) is 74.0 cm³/mol. The maximum Gasteiger partial charge on any atom is 0.416 e. The number of nitrogens with one attached hydrogen (secondary N) is 1. The molecule has 0 saturated heterocycles. The van der Waals surface area contributed by atoms with E-state index in [-0.39, 0.29) is 25.3 Å². The lowest BCUT2D eigenvalue weighted by atomic mass is 10.1. The van der Waals surface area contributed by atoms with E-state index >= 15 is 0 Å². The van der Waals surface area contributed by atoms with E-state index in [4.69, 9.17) is 9.84 Å². The van der Waals surface area contributed by atoms with E-state index < -0.39 is 17.6 Å². The van der Waals surface area contributed by atoms with Crippen LogP contribution in [0.3, 0.4) is 0 Å². The standard InChI is InChI=1S/C13H15BrF3NO3/c14-11-3-2-9(13(15,16)17)8-10(11)12(20)18-4-1-6-21-7-5-19/h2-3,8,19H,1,4-7H2,(H,18,20). The van der Waals surface area contributed by atoms with Crippen molar-refractivity contribution in [3.63, 3.8) is 0 Å². The Kier molecular flexibility index (Phi) is 7.13. The maximum atomic E-state index is 12.6. The van der Waals surface area contributed by atoms with Gasteiger partial charge in [-0.1, -0.05) is 0 Å². The van der Waals surface area contributed by atoms with Crippen LogP contribution in [0.2, 0.25) is 0 Å². The number of hydrogen-bond acceptors (Lipinski definition) is 3. The lowest BCUT2D eigenvalue weighted by Crippen LogP contribution is -2.26. The number of carbonyl (C=O) groups is 1. The van der Waals surface area contributed by atoms with Gasteiger partial charge in [0.25, 0.3) is 5.91 Å². The number of aliphatic hydroxyl groups is 1. The molecule has 4 nitrogen and oxygen atoms in total. The Morgan fingerprint density at radius 1 is 1.33 bits per heavy atom. The molecule has 0 aliphatic heterocycles. The minimum Gasteiger partial charge on any atom is -0.394 e. The Morgan fingerprint density at radius 2 is 2.05 bits per heavy atom. The van der Waals surface area contributed by atoms with Crippen LogP contribution in [0, 0.1) is 0 Å². The molecular formula is C13H15BrF3NO3. The highest BCUT2D eigenvalue weighted by atomic mass is 79.9. The van der Waals surface area contributed by atoms with Gasteiger partial charge in [0.05, 0.1) is 24.3 Å². The molecule has 1 aromatic carbocycles. The van der Waals surface area contributed by atoms with Gasteiger partial charge in [0, 0.05) is 17.6 Å². The van der Waals surface area contributed by atoms with E-state index in [1.165, 1.54) is 6.07 Å². The van der Waals surface area contributed by atoms with Crippen LogP contribution in [0.25, 0.3) is 0 Å². The second kappa shape index (κ2) is 8.35. The van der Waals surface area contributed by atoms with Crippen molar-refractivity contribution in [3.8, 4) is 0 Å². The minimum absolute atomic E-state index is 0.0684. The first kappa shape index (κ1) is 17.9. The number of benzene rings is 1. The fourth-order valence-corrected chi connectivity index (χ4v) is 1.94. The summed E-state index contributed by atoms with van der Waals surface area (Å²) >= 11 is 3.06. The van der Waals surface area contributed by atoms with Gasteiger partial charge in [0.15, 0.2) is 0 Å². The van der Waals surface area contributed by atoms with E-state index in [0.29, 0.717) is 17.5 Å². The number of carbonyl (C=O) groups excluding carboxylic acids is 1. The van der Waals surface area contributed by atoms with Crippen molar-refractivity contribution in [2.24, 2.45) is 0 Å². The van der Waals surface area contributed by atoms with Crippen molar-refractivity contribution in [3.05, 3.63) is 33.8 Å². The highest BCUT2D eigenvalue weighted by molar-refractivity contribution is 9.10. The van der Waals surface area contributed by atoms with E-state index in [2.05, 4.69) is 21.2 Å². The van der Waals surface area contributed by atoms with Crippen LogP contribution in [-0.2, 0) is 10.9 Å². The molecule has 8 heteroatoms. The van der Waals surface area contributed by atoms with E-state index in [1.54, 1.807) is 0 Å². The highest BCUT2D eigenvalue weighted by Crippen LogP contribution is 2.31. The van der Waals surface area contributed by atoms with Crippen molar-refractivity contribution >= 4 is 21.8 Å². The molecule has 1 rings (SSSR count). The molecule has 0 aromatic heterocycles. The van der Waals surface area contributed by atoms with Gasteiger partial charge in [0.1, 0.15) is 0 Å². The molecule has 0 radical (unpaired) electrons. The summed E-state index contributed by atoms with van der Waals surface area (Å²) in [6, 6.07) is 2.91. The molecule has 0 fully saturated rings. The zero-order chi connectivity index (χ0) is 15.9. The van der Waals surface area contributed by atoms with Gasteiger partial charge in [-0.05, 0) is 40.5 Å². The molecular weight excluding hydrogens is 355 g/mol. The van der Waals surface area contributed by atoms with Crippen LogP contribution in [0.1, 0.15) is 22.3 Å². The van der Waals surface area contributed by atoms with Gasteiger partial charge in [0.2, 0.25) is 0 Å². The zero-order valence-corrected chi connectivity index (χ0v) is 12.6. The van der Waals surface area contributed by atoms with Crippen molar-refractivity contribution in [2.45, 2.75) is 12.6 Å². The molecule has 0 aliphatic rings. The first-order chi connectivity index (χ1) is 9.86. The summed E-state index contributed by atoms with van der Waals surface area (Å²) in [4.78, 5) is 11.8. The van der Waals surface area contributed by atoms with Crippen molar-refractivity contribution in [2.75, 3.05) is 26.4 Å². The average Bonchev–Trinajstić information content (AvgIpc) is 2.41. The molecule has 118 valence electrons. The number of alkyl halides is 3. The molecule has 0 aliphatic carbocycles. The third-order valence-electron chi connectivity index (χ3n) is 2.52. The highest BCUT2D eigenvalue weighted by Gasteiger charge is 2.31. The molecule has 0 unspecified atom stereocenters. The minimum atomic E-state index is -4.49. The lowest BCUT2D eigenvalue weighted by molar-refractivity contribution is -0.137. The fraction of sp³-hybridized carbons (Fsp3) is 0.462. The van der Waals surface area contributed by atoms with Gasteiger partial charge in [-0.25, -0.2) is 0 Å². The van der Waals surface area contributed by atoms with Gasteiger partial charge < -0.3 is 15.2 Å². The van der Waals surface area contributed by atoms with Crippen molar-refractivity contribution < 1.29 is 27.8 Å². The second-order valence-corrected chi connectivity index (χ2v) is 4.99. The van der Waals surface area contributed by atoms with E-state index in [0.717, 1.165) is 12.1 Å². The molecule has 1 aromatic rings. The monoisotopic (exact) mass is 369 g/mol. The van der Waals surface area contributed by atoms with Crippen LogP contribution < -0.4 is 5.32 Å². The van der Waals surface area contributed by atoms with E-state index in [1.807, 2.05) is 0 Å². The third-order valence-corrected chi connectivity index (χ3v) is 3.22. The topological polar surface area (TPSA) is 58.6 Å². The summed E-state index contributed by atoms with van der Waals surface area (Å²) in [5.41, 5.74) is -0.941. The van der Waals surface area contributed by atoms with Gasteiger partial charge >= 0.3 is 6.18 Å². The number of ether oxygens (including phenoxy) is 1. The van der Waals surface area contributed by atoms with Crippen LogP contribution in [0.5, 0.6) is 0 Å². The van der Waals surface area contributed by atoms with Crippen LogP contribution in [-0.4, -0.2) is 37.4 Å². The Bertz CT molecular complexity index is 480. The Labute approximate surface area is 128 Å². The fourth-order valence-electron chi connectivity index (χ4n) is 1.51. The summed E-state index contributed by atoms with van der Waals surface area (Å²) in [5.74, 6) is -0.588. The molecule has 0 heterocycles. The normalized spacial score (nSPS) is 11.5. The maximum absolute atomic E-state index is 12.6. The quantitative estimate of drug-likeness (QED) is 0.726. The molecule has 0 saturated carbocycles.